The third kappa shape index (κ3) is 2.47. The van der Waals surface area contributed by atoms with Crippen molar-refractivity contribution in [1.82, 2.24) is 15.1 Å². The first-order valence-electron chi connectivity index (χ1n) is 4.42. The second kappa shape index (κ2) is 4.90. The average molecular weight is 285 g/mol. The van der Waals surface area contributed by atoms with Gasteiger partial charge in [-0.15, -0.1) is 0 Å². The summed E-state index contributed by atoms with van der Waals surface area (Å²) in [5, 5.41) is 6.66. The molecule has 0 atom stereocenters. The number of anilines is 2. The maximum atomic E-state index is 5.21. The molecule has 0 radical (unpaired) electrons. The predicted octanol–water partition coefficient (Wildman–Crippen LogP) is 1.12. The Hall–Kier alpha value is -1.67. The number of hydrogen-bond donors (Lipinski definition) is 3. The van der Waals surface area contributed by atoms with Gasteiger partial charge in [-0.2, -0.15) is 4.98 Å². The Morgan fingerprint density at radius 2 is 2.38 bits per heavy atom. The SMILES string of the molecule is NNc1ncc(Br)c(NCc2ccno2)n1. The monoisotopic (exact) mass is 284 g/mol. The van der Waals surface area contributed by atoms with Gasteiger partial charge in [-0.25, -0.2) is 10.8 Å². The number of nitrogen functional groups attached to an aromatic ring is 1. The summed E-state index contributed by atoms with van der Waals surface area (Å²) >= 11 is 3.32. The first kappa shape index (κ1) is 10.8. The maximum Gasteiger partial charge on any atom is 0.239 e. The van der Waals surface area contributed by atoms with Gasteiger partial charge < -0.3 is 9.84 Å². The fourth-order valence-corrected chi connectivity index (χ4v) is 1.40. The Labute approximate surface area is 99.5 Å². The minimum absolute atomic E-state index is 0.336. The molecule has 2 aromatic heterocycles. The fraction of sp³-hybridized carbons (Fsp3) is 0.125. The van der Waals surface area contributed by atoms with E-state index in [4.69, 9.17) is 10.4 Å². The van der Waals surface area contributed by atoms with E-state index in [-0.39, 0.29) is 0 Å². The summed E-state index contributed by atoms with van der Waals surface area (Å²) in [5.74, 6) is 6.89. The minimum atomic E-state index is 0.336. The van der Waals surface area contributed by atoms with Crippen LogP contribution in [0.5, 0.6) is 0 Å². The van der Waals surface area contributed by atoms with Crippen molar-refractivity contribution >= 4 is 27.7 Å². The van der Waals surface area contributed by atoms with Crippen molar-refractivity contribution in [2.75, 3.05) is 10.7 Å². The van der Waals surface area contributed by atoms with Crippen LogP contribution in [-0.4, -0.2) is 15.1 Å². The second-order valence-electron chi connectivity index (χ2n) is 2.87. The van der Waals surface area contributed by atoms with E-state index in [9.17, 15) is 0 Å². The Morgan fingerprint density at radius 3 is 3.06 bits per heavy atom. The highest BCUT2D eigenvalue weighted by molar-refractivity contribution is 9.10. The molecular weight excluding hydrogens is 276 g/mol. The lowest BCUT2D eigenvalue weighted by Gasteiger charge is -2.06. The van der Waals surface area contributed by atoms with Gasteiger partial charge in [0.15, 0.2) is 5.76 Å². The van der Waals surface area contributed by atoms with Gasteiger partial charge in [0, 0.05) is 12.3 Å². The molecular formula is C8H9BrN6O. The second-order valence-corrected chi connectivity index (χ2v) is 3.72. The minimum Gasteiger partial charge on any atom is -0.362 e. The van der Waals surface area contributed by atoms with Gasteiger partial charge in [-0.05, 0) is 15.9 Å². The largest absolute Gasteiger partial charge is 0.362 e. The molecule has 0 aliphatic rings. The maximum absolute atomic E-state index is 5.21. The molecule has 0 aliphatic heterocycles. The Bertz CT molecular complexity index is 460. The van der Waals surface area contributed by atoms with Crippen LogP contribution in [0.4, 0.5) is 11.8 Å². The number of hydrazine groups is 1. The van der Waals surface area contributed by atoms with Crippen LogP contribution in [0.25, 0.3) is 0 Å². The molecule has 0 saturated carbocycles. The average Bonchev–Trinajstić information content (AvgIpc) is 2.81. The number of nitrogens with two attached hydrogens (primary N) is 1. The summed E-state index contributed by atoms with van der Waals surface area (Å²) in [6.07, 6.45) is 3.18. The molecule has 0 amide bonds. The molecule has 0 spiro atoms. The van der Waals surface area contributed by atoms with Crippen LogP contribution in [0.1, 0.15) is 5.76 Å². The van der Waals surface area contributed by atoms with E-state index in [1.807, 2.05) is 0 Å². The molecule has 0 bridgehead atoms. The Kier molecular flexibility index (Phi) is 3.32. The third-order valence-corrected chi connectivity index (χ3v) is 2.37. The predicted molar refractivity (Wildman–Crippen MR) is 61.4 cm³/mol. The molecule has 2 heterocycles. The van der Waals surface area contributed by atoms with E-state index in [0.717, 1.165) is 4.47 Å². The molecule has 4 N–H and O–H groups in total. The van der Waals surface area contributed by atoms with Crippen LogP contribution < -0.4 is 16.6 Å². The van der Waals surface area contributed by atoms with Gasteiger partial charge in [-0.3, -0.25) is 5.43 Å². The molecule has 0 fully saturated rings. The van der Waals surface area contributed by atoms with Crippen LogP contribution in [-0.2, 0) is 6.54 Å². The lowest BCUT2D eigenvalue weighted by atomic mass is 10.4. The Balaban J connectivity index is 2.08. The molecule has 2 aromatic rings. The number of nitrogens with zero attached hydrogens (tertiary/aromatic N) is 3. The van der Waals surface area contributed by atoms with Gasteiger partial charge in [0.25, 0.3) is 0 Å². The summed E-state index contributed by atoms with van der Waals surface area (Å²) in [7, 11) is 0. The van der Waals surface area contributed by atoms with E-state index in [0.29, 0.717) is 24.1 Å². The molecule has 16 heavy (non-hydrogen) atoms. The quantitative estimate of drug-likeness (QED) is 0.571. The van der Waals surface area contributed by atoms with Crippen LogP contribution >= 0.6 is 15.9 Å². The normalized spacial score (nSPS) is 10.1. The highest BCUT2D eigenvalue weighted by Gasteiger charge is 2.05. The highest BCUT2D eigenvalue weighted by Crippen LogP contribution is 2.20. The molecule has 0 aliphatic carbocycles. The molecule has 0 unspecified atom stereocenters. The standard InChI is InChI=1S/C8H9BrN6O/c9-6-4-12-8(15-10)14-7(6)11-3-5-1-2-13-16-5/h1-2,4H,3,10H2,(H2,11,12,14,15). The summed E-state index contributed by atoms with van der Waals surface area (Å²) in [4.78, 5) is 8.06. The first-order valence-corrected chi connectivity index (χ1v) is 5.21. The van der Waals surface area contributed by atoms with Crippen molar-refractivity contribution in [3.05, 3.63) is 28.7 Å². The highest BCUT2D eigenvalue weighted by atomic mass is 79.9. The van der Waals surface area contributed by atoms with E-state index in [1.54, 1.807) is 18.5 Å². The molecule has 84 valence electrons. The number of nitrogens with one attached hydrogen (secondary N) is 2. The topological polar surface area (TPSA) is 102 Å². The third-order valence-electron chi connectivity index (χ3n) is 1.79. The number of hydrogen-bond acceptors (Lipinski definition) is 7. The van der Waals surface area contributed by atoms with Crippen molar-refractivity contribution in [3.63, 3.8) is 0 Å². The Morgan fingerprint density at radius 1 is 1.50 bits per heavy atom. The van der Waals surface area contributed by atoms with Crippen LogP contribution in [0.3, 0.4) is 0 Å². The van der Waals surface area contributed by atoms with E-state index in [1.165, 1.54) is 0 Å². The molecule has 7 nitrogen and oxygen atoms in total. The van der Waals surface area contributed by atoms with Gasteiger partial charge in [0.1, 0.15) is 5.82 Å². The van der Waals surface area contributed by atoms with Crippen molar-refractivity contribution in [1.29, 1.82) is 0 Å². The van der Waals surface area contributed by atoms with Crippen LogP contribution in [0.2, 0.25) is 0 Å². The molecule has 0 saturated heterocycles. The summed E-state index contributed by atoms with van der Waals surface area (Å²) in [6, 6.07) is 1.77. The molecule has 0 aromatic carbocycles. The van der Waals surface area contributed by atoms with Gasteiger partial charge in [-0.1, -0.05) is 5.16 Å². The van der Waals surface area contributed by atoms with E-state index >= 15 is 0 Å². The molecule has 8 heteroatoms. The number of rotatable bonds is 4. The number of halogens is 1. The van der Waals surface area contributed by atoms with Crippen molar-refractivity contribution in [2.45, 2.75) is 6.54 Å². The van der Waals surface area contributed by atoms with Crippen molar-refractivity contribution < 1.29 is 4.52 Å². The first-order chi connectivity index (χ1) is 7.79. The van der Waals surface area contributed by atoms with Gasteiger partial charge >= 0.3 is 0 Å². The van der Waals surface area contributed by atoms with E-state index in [2.05, 4.69) is 41.8 Å². The van der Waals surface area contributed by atoms with Crippen LogP contribution in [0.15, 0.2) is 27.5 Å². The molecule has 2 rings (SSSR count). The zero-order valence-corrected chi connectivity index (χ0v) is 9.73. The summed E-state index contributed by atoms with van der Waals surface area (Å²) < 4.78 is 5.68. The van der Waals surface area contributed by atoms with E-state index < -0.39 is 0 Å². The van der Waals surface area contributed by atoms with Gasteiger partial charge in [0.05, 0.1) is 17.2 Å². The van der Waals surface area contributed by atoms with Crippen molar-refractivity contribution in [3.8, 4) is 0 Å². The zero-order chi connectivity index (χ0) is 11.4. The lowest BCUT2D eigenvalue weighted by Crippen LogP contribution is -2.12. The van der Waals surface area contributed by atoms with Crippen molar-refractivity contribution in [2.24, 2.45) is 5.84 Å². The smallest absolute Gasteiger partial charge is 0.239 e. The lowest BCUT2D eigenvalue weighted by molar-refractivity contribution is 0.388. The number of aromatic nitrogens is 3. The fourth-order valence-electron chi connectivity index (χ4n) is 1.06. The zero-order valence-electron chi connectivity index (χ0n) is 8.14. The van der Waals surface area contributed by atoms with Crippen LogP contribution in [0, 0.1) is 0 Å². The summed E-state index contributed by atoms with van der Waals surface area (Å²) in [5.41, 5.74) is 2.37. The summed E-state index contributed by atoms with van der Waals surface area (Å²) in [6.45, 7) is 0.486. The van der Waals surface area contributed by atoms with Gasteiger partial charge in [0.2, 0.25) is 5.95 Å².